The van der Waals surface area contributed by atoms with Gasteiger partial charge in [-0.2, -0.15) is 0 Å². The molecule has 22 heavy (non-hydrogen) atoms. The van der Waals surface area contributed by atoms with Gasteiger partial charge in [0.25, 0.3) is 0 Å². The van der Waals surface area contributed by atoms with E-state index in [1.807, 2.05) is 18.2 Å². The second-order valence-electron chi connectivity index (χ2n) is 6.27. The van der Waals surface area contributed by atoms with E-state index >= 15 is 0 Å². The Morgan fingerprint density at radius 2 is 1.95 bits per heavy atom. The summed E-state index contributed by atoms with van der Waals surface area (Å²) in [6, 6.07) is 9.63. The monoisotopic (exact) mass is 304 g/mol. The molecule has 0 saturated heterocycles. The zero-order chi connectivity index (χ0) is 15.8. The Balaban J connectivity index is 2.02. The molecule has 1 aliphatic carbocycles. The van der Waals surface area contributed by atoms with Crippen LogP contribution in [0.4, 0.5) is 0 Å². The maximum absolute atomic E-state index is 12.2. The molecule has 0 spiro atoms. The number of nitrogens with one attached hydrogen (secondary N) is 1. The van der Waals surface area contributed by atoms with Crippen molar-refractivity contribution < 1.29 is 9.53 Å². The minimum absolute atomic E-state index is 0.0414. The van der Waals surface area contributed by atoms with Crippen molar-refractivity contribution in [1.29, 1.82) is 0 Å². The quantitative estimate of drug-likeness (QED) is 0.814. The van der Waals surface area contributed by atoms with Crippen LogP contribution >= 0.6 is 0 Å². The van der Waals surface area contributed by atoms with Gasteiger partial charge in [0.2, 0.25) is 5.91 Å². The van der Waals surface area contributed by atoms with Crippen molar-refractivity contribution in [3.05, 3.63) is 35.9 Å². The smallest absolute Gasteiger partial charge is 0.239 e. The van der Waals surface area contributed by atoms with Gasteiger partial charge in [0.1, 0.15) is 6.04 Å². The Morgan fingerprint density at radius 1 is 1.27 bits per heavy atom. The van der Waals surface area contributed by atoms with Crippen molar-refractivity contribution in [3.63, 3.8) is 0 Å². The van der Waals surface area contributed by atoms with E-state index in [1.165, 1.54) is 32.1 Å². The second kappa shape index (κ2) is 8.91. The van der Waals surface area contributed by atoms with Crippen LogP contribution in [0.3, 0.4) is 0 Å². The molecule has 1 aromatic rings. The standard InChI is InChI=1S/C18H28N2O2/c1-22-13-16(19)18(21)20-17(15-10-6-3-7-11-15)12-14-8-4-2-5-9-14/h3,6-7,10-11,14,16-17H,2,4-5,8-9,12-13,19H2,1H3,(H,20,21). The summed E-state index contributed by atoms with van der Waals surface area (Å²) in [4.78, 5) is 12.2. The molecule has 122 valence electrons. The molecule has 0 bridgehead atoms. The summed E-state index contributed by atoms with van der Waals surface area (Å²) in [6.45, 7) is 0.247. The topological polar surface area (TPSA) is 64.3 Å². The number of methoxy groups -OCH3 is 1. The van der Waals surface area contributed by atoms with Crippen molar-refractivity contribution >= 4 is 5.91 Å². The molecule has 2 atom stereocenters. The first-order valence-corrected chi connectivity index (χ1v) is 8.30. The summed E-state index contributed by atoms with van der Waals surface area (Å²) >= 11 is 0. The van der Waals surface area contributed by atoms with Crippen molar-refractivity contribution in [1.82, 2.24) is 5.32 Å². The average molecular weight is 304 g/mol. The first-order valence-electron chi connectivity index (χ1n) is 8.30. The van der Waals surface area contributed by atoms with E-state index in [1.54, 1.807) is 7.11 Å². The maximum Gasteiger partial charge on any atom is 0.239 e. The minimum Gasteiger partial charge on any atom is -0.383 e. The molecule has 2 rings (SSSR count). The van der Waals surface area contributed by atoms with E-state index in [4.69, 9.17) is 10.5 Å². The Bertz CT molecular complexity index is 444. The number of carbonyl (C=O) groups is 1. The first kappa shape index (κ1) is 17.0. The van der Waals surface area contributed by atoms with Crippen LogP contribution in [0.2, 0.25) is 0 Å². The van der Waals surface area contributed by atoms with E-state index in [0.717, 1.165) is 12.0 Å². The average Bonchev–Trinajstić information content (AvgIpc) is 2.56. The number of ether oxygens (including phenoxy) is 1. The van der Waals surface area contributed by atoms with Gasteiger partial charge in [-0.3, -0.25) is 4.79 Å². The Morgan fingerprint density at radius 3 is 2.59 bits per heavy atom. The van der Waals surface area contributed by atoms with Gasteiger partial charge < -0.3 is 15.8 Å². The van der Waals surface area contributed by atoms with Gasteiger partial charge in [-0.1, -0.05) is 62.4 Å². The van der Waals surface area contributed by atoms with Crippen LogP contribution in [0.1, 0.15) is 50.1 Å². The molecule has 0 radical (unpaired) electrons. The third-order valence-electron chi connectivity index (χ3n) is 4.50. The highest BCUT2D eigenvalue weighted by molar-refractivity contribution is 5.82. The van der Waals surface area contributed by atoms with Gasteiger partial charge in [0.15, 0.2) is 0 Å². The molecule has 0 heterocycles. The van der Waals surface area contributed by atoms with E-state index in [0.29, 0.717) is 5.92 Å². The number of hydrogen-bond donors (Lipinski definition) is 2. The van der Waals surface area contributed by atoms with Crippen LogP contribution in [0, 0.1) is 5.92 Å². The normalized spacial score (nSPS) is 18.6. The SMILES string of the molecule is COCC(N)C(=O)NC(CC1CCCCC1)c1ccccc1. The summed E-state index contributed by atoms with van der Waals surface area (Å²) in [5, 5.41) is 3.12. The third kappa shape index (κ3) is 5.11. The highest BCUT2D eigenvalue weighted by Crippen LogP contribution is 2.31. The Kier molecular flexibility index (Phi) is 6.87. The number of amides is 1. The van der Waals surface area contributed by atoms with E-state index in [-0.39, 0.29) is 18.6 Å². The zero-order valence-corrected chi connectivity index (χ0v) is 13.5. The lowest BCUT2D eigenvalue weighted by Gasteiger charge is -2.28. The van der Waals surface area contributed by atoms with Gasteiger partial charge >= 0.3 is 0 Å². The van der Waals surface area contributed by atoms with Crippen LogP contribution in [-0.4, -0.2) is 25.7 Å². The molecule has 3 N–H and O–H groups in total. The van der Waals surface area contributed by atoms with Gasteiger partial charge in [0, 0.05) is 7.11 Å². The summed E-state index contributed by atoms with van der Waals surface area (Å²) in [7, 11) is 1.56. The number of rotatable bonds is 7. The van der Waals surface area contributed by atoms with E-state index < -0.39 is 6.04 Å². The van der Waals surface area contributed by atoms with Gasteiger partial charge in [0.05, 0.1) is 12.6 Å². The summed E-state index contributed by atoms with van der Waals surface area (Å²) in [5.41, 5.74) is 7.01. The molecule has 0 aromatic heterocycles. The lowest BCUT2D eigenvalue weighted by Crippen LogP contribution is -2.45. The molecule has 4 heteroatoms. The molecule has 1 saturated carbocycles. The lowest BCUT2D eigenvalue weighted by atomic mass is 9.83. The largest absolute Gasteiger partial charge is 0.383 e. The number of hydrogen-bond acceptors (Lipinski definition) is 3. The van der Waals surface area contributed by atoms with Gasteiger partial charge in [-0.15, -0.1) is 0 Å². The molecule has 1 aromatic carbocycles. The van der Waals surface area contributed by atoms with Crippen LogP contribution in [0.5, 0.6) is 0 Å². The molecule has 2 unspecified atom stereocenters. The molecule has 4 nitrogen and oxygen atoms in total. The molecule has 1 amide bonds. The summed E-state index contributed by atoms with van der Waals surface area (Å²) in [5.74, 6) is 0.560. The predicted octanol–water partition coefficient (Wildman–Crippen LogP) is 2.79. The molecular formula is C18H28N2O2. The maximum atomic E-state index is 12.2. The van der Waals surface area contributed by atoms with Gasteiger partial charge in [-0.25, -0.2) is 0 Å². The van der Waals surface area contributed by atoms with Crippen molar-refractivity contribution in [2.24, 2.45) is 11.7 Å². The first-order chi connectivity index (χ1) is 10.7. The van der Waals surface area contributed by atoms with Crippen LogP contribution in [-0.2, 0) is 9.53 Å². The van der Waals surface area contributed by atoms with E-state index in [9.17, 15) is 4.79 Å². The Hall–Kier alpha value is -1.39. The number of nitrogens with two attached hydrogens (primary N) is 1. The molecule has 1 aliphatic rings. The predicted molar refractivity (Wildman–Crippen MR) is 88.4 cm³/mol. The highest BCUT2D eigenvalue weighted by atomic mass is 16.5. The van der Waals surface area contributed by atoms with Crippen LogP contribution in [0.15, 0.2) is 30.3 Å². The third-order valence-corrected chi connectivity index (χ3v) is 4.50. The van der Waals surface area contributed by atoms with Crippen molar-refractivity contribution in [2.75, 3.05) is 13.7 Å². The molecule has 1 fully saturated rings. The fourth-order valence-electron chi connectivity index (χ4n) is 3.25. The summed E-state index contributed by atoms with van der Waals surface area (Å²) < 4.78 is 4.98. The zero-order valence-electron chi connectivity index (χ0n) is 13.5. The number of carbonyl (C=O) groups excluding carboxylic acids is 1. The summed E-state index contributed by atoms with van der Waals surface area (Å²) in [6.07, 6.45) is 7.49. The van der Waals surface area contributed by atoms with Crippen molar-refractivity contribution in [2.45, 2.75) is 50.6 Å². The van der Waals surface area contributed by atoms with Crippen LogP contribution < -0.4 is 11.1 Å². The highest BCUT2D eigenvalue weighted by Gasteiger charge is 2.23. The number of benzene rings is 1. The van der Waals surface area contributed by atoms with Crippen LogP contribution in [0.25, 0.3) is 0 Å². The molecular weight excluding hydrogens is 276 g/mol. The van der Waals surface area contributed by atoms with Crippen molar-refractivity contribution in [3.8, 4) is 0 Å². The minimum atomic E-state index is -0.609. The van der Waals surface area contributed by atoms with Gasteiger partial charge in [-0.05, 0) is 17.9 Å². The second-order valence-corrected chi connectivity index (χ2v) is 6.27. The fourth-order valence-corrected chi connectivity index (χ4v) is 3.25. The fraction of sp³-hybridized carbons (Fsp3) is 0.611. The van der Waals surface area contributed by atoms with E-state index in [2.05, 4.69) is 17.4 Å². The lowest BCUT2D eigenvalue weighted by molar-refractivity contribution is -0.124. The Labute approximate surface area is 133 Å². The molecule has 0 aliphatic heterocycles.